The molecule has 2 atom stereocenters. The quantitative estimate of drug-likeness (QED) is 0.848. The van der Waals surface area contributed by atoms with Crippen LogP contribution >= 0.6 is 0 Å². The van der Waals surface area contributed by atoms with Gasteiger partial charge >= 0.3 is 6.09 Å². The first-order valence-electron chi connectivity index (χ1n) is 6.95. The second-order valence-electron chi connectivity index (χ2n) is 5.92. The number of rotatable bonds is 1. The first kappa shape index (κ1) is 13.2. The summed E-state index contributed by atoms with van der Waals surface area (Å²) in [5.41, 5.74) is 2.31. The lowest BCUT2D eigenvalue weighted by Crippen LogP contribution is -2.45. The lowest BCUT2D eigenvalue weighted by Gasteiger charge is -2.32. The number of fused-ring (bicyclic) bond motifs is 3. The van der Waals surface area contributed by atoms with Crippen LogP contribution in [-0.2, 0) is 5.41 Å². The highest BCUT2D eigenvalue weighted by Crippen LogP contribution is 2.54. The number of likely N-dealkylation sites (N-methyl/N-ethyl adjacent to an activating group) is 2. The summed E-state index contributed by atoms with van der Waals surface area (Å²) in [7, 11) is 5.84. The number of amides is 1. The molecule has 1 amide bonds. The highest BCUT2D eigenvalue weighted by molar-refractivity contribution is 5.75. The van der Waals surface area contributed by atoms with Gasteiger partial charge in [0, 0.05) is 37.3 Å². The van der Waals surface area contributed by atoms with Crippen molar-refractivity contribution in [2.45, 2.75) is 24.9 Å². The molecule has 1 saturated heterocycles. The summed E-state index contributed by atoms with van der Waals surface area (Å²) in [5, 5.41) is 2.51. The van der Waals surface area contributed by atoms with Gasteiger partial charge in [-0.3, -0.25) is 4.90 Å². The largest absolute Gasteiger partial charge is 0.412 e. The minimum absolute atomic E-state index is 0.00342. The average Bonchev–Trinajstić information content (AvgIpc) is 2.85. The first-order chi connectivity index (χ1) is 9.49. The number of benzene rings is 1. The molecule has 3 rings (SSSR count). The van der Waals surface area contributed by atoms with Crippen LogP contribution in [0.2, 0.25) is 0 Å². The van der Waals surface area contributed by atoms with Gasteiger partial charge in [0.15, 0.2) is 0 Å². The minimum Gasteiger partial charge on any atom is -0.410 e. The fourth-order valence-corrected chi connectivity index (χ4v) is 3.88. The van der Waals surface area contributed by atoms with Crippen molar-refractivity contribution in [3.05, 3.63) is 23.8 Å². The zero-order chi connectivity index (χ0) is 14.5. The molecule has 1 N–H and O–H groups in total. The molecule has 2 aliphatic heterocycles. The highest BCUT2D eigenvalue weighted by atomic mass is 16.6. The maximum Gasteiger partial charge on any atom is 0.412 e. The second kappa shape index (κ2) is 4.38. The molecule has 0 spiro atoms. The number of carbonyl (C=O) groups excluding carboxylic acids is 1. The topological polar surface area (TPSA) is 44.8 Å². The van der Waals surface area contributed by atoms with E-state index < -0.39 is 6.09 Å². The maximum absolute atomic E-state index is 11.6. The number of nitrogens with zero attached hydrogens (tertiary/aromatic N) is 2. The van der Waals surface area contributed by atoms with E-state index in [-0.39, 0.29) is 5.41 Å². The van der Waals surface area contributed by atoms with E-state index in [0.29, 0.717) is 11.9 Å². The van der Waals surface area contributed by atoms with Gasteiger partial charge in [-0.25, -0.2) is 4.79 Å². The fraction of sp³-hybridized carbons (Fsp3) is 0.533. The number of likely N-dealkylation sites (tertiary alicyclic amines) is 1. The molecule has 2 heterocycles. The van der Waals surface area contributed by atoms with Gasteiger partial charge < -0.3 is 15.0 Å². The molecule has 1 aromatic carbocycles. The molecule has 5 heteroatoms. The van der Waals surface area contributed by atoms with E-state index in [2.05, 4.69) is 42.2 Å². The van der Waals surface area contributed by atoms with Crippen molar-refractivity contribution in [1.82, 2.24) is 10.2 Å². The summed E-state index contributed by atoms with van der Waals surface area (Å²) in [5.74, 6) is 0.675. The van der Waals surface area contributed by atoms with Crippen LogP contribution in [0.5, 0.6) is 5.75 Å². The number of hydrogen-bond donors (Lipinski definition) is 1. The predicted octanol–water partition coefficient (Wildman–Crippen LogP) is 1.77. The van der Waals surface area contributed by atoms with Crippen LogP contribution in [0.25, 0.3) is 0 Å². The summed E-state index contributed by atoms with van der Waals surface area (Å²) < 4.78 is 5.47. The van der Waals surface area contributed by atoms with E-state index in [1.807, 2.05) is 12.1 Å². The molecule has 0 saturated carbocycles. The molecule has 1 aromatic rings. The molecular formula is C15H21N3O2. The SMILES string of the molecule is CNC(=O)Oc1cccc2c1[C@@]1(C)CCN(C)C1N2C. The predicted molar refractivity (Wildman–Crippen MR) is 78.3 cm³/mol. The Balaban J connectivity index is 2.10. The normalized spacial score (nSPS) is 28.2. The van der Waals surface area contributed by atoms with E-state index in [1.165, 1.54) is 0 Å². The van der Waals surface area contributed by atoms with E-state index in [9.17, 15) is 4.79 Å². The number of anilines is 1. The van der Waals surface area contributed by atoms with Gasteiger partial charge in [-0.1, -0.05) is 13.0 Å². The van der Waals surface area contributed by atoms with E-state index in [1.54, 1.807) is 7.05 Å². The second-order valence-corrected chi connectivity index (χ2v) is 5.92. The number of carbonyl (C=O) groups is 1. The Labute approximate surface area is 119 Å². The van der Waals surface area contributed by atoms with Gasteiger partial charge in [-0.05, 0) is 25.6 Å². The smallest absolute Gasteiger partial charge is 0.410 e. The van der Waals surface area contributed by atoms with Crippen LogP contribution in [0.4, 0.5) is 10.5 Å². The fourth-order valence-electron chi connectivity index (χ4n) is 3.88. The molecule has 0 radical (unpaired) electrons. The Kier molecular flexibility index (Phi) is 2.90. The van der Waals surface area contributed by atoms with Crippen LogP contribution < -0.4 is 15.0 Å². The van der Waals surface area contributed by atoms with Crippen LogP contribution in [0, 0.1) is 0 Å². The van der Waals surface area contributed by atoms with E-state index >= 15 is 0 Å². The Morgan fingerprint density at radius 2 is 2.20 bits per heavy atom. The Bertz CT molecular complexity index is 560. The summed E-state index contributed by atoms with van der Waals surface area (Å²) in [6.45, 7) is 3.32. The average molecular weight is 275 g/mol. The lowest BCUT2D eigenvalue weighted by atomic mass is 9.81. The molecule has 108 valence electrons. The van der Waals surface area contributed by atoms with Gasteiger partial charge in [0.25, 0.3) is 0 Å². The zero-order valence-corrected chi connectivity index (χ0v) is 12.4. The summed E-state index contributed by atoms with van der Waals surface area (Å²) in [6.07, 6.45) is 0.978. The maximum atomic E-state index is 11.6. The molecule has 2 aliphatic rings. The van der Waals surface area contributed by atoms with Crippen LogP contribution in [0.3, 0.4) is 0 Å². The first-order valence-corrected chi connectivity index (χ1v) is 6.95. The van der Waals surface area contributed by atoms with Crippen LogP contribution in [-0.4, -0.2) is 44.8 Å². The molecular weight excluding hydrogens is 254 g/mol. The monoisotopic (exact) mass is 275 g/mol. The molecule has 0 bridgehead atoms. The summed E-state index contributed by atoms with van der Waals surface area (Å²) in [4.78, 5) is 16.2. The highest BCUT2D eigenvalue weighted by Gasteiger charge is 2.53. The standard InChI is InChI=1S/C15H21N3O2/c1-15-8-9-17(3)13(15)18(4)10-6-5-7-11(12(10)15)20-14(19)16-2/h5-7,13H,8-9H2,1-4H3,(H,16,19)/t13?,15-/m1/s1. The Morgan fingerprint density at radius 1 is 1.45 bits per heavy atom. The molecule has 0 aliphatic carbocycles. The van der Waals surface area contributed by atoms with Gasteiger partial charge in [-0.2, -0.15) is 0 Å². The minimum atomic E-state index is -0.417. The van der Waals surface area contributed by atoms with Crippen molar-refractivity contribution in [2.75, 3.05) is 32.6 Å². The van der Waals surface area contributed by atoms with Crippen molar-refractivity contribution in [1.29, 1.82) is 0 Å². The van der Waals surface area contributed by atoms with Gasteiger partial charge in [0.05, 0.1) is 6.17 Å². The third-order valence-electron chi connectivity index (χ3n) is 4.70. The number of hydrogen-bond acceptors (Lipinski definition) is 4. The lowest BCUT2D eigenvalue weighted by molar-refractivity contribution is 0.201. The Hall–Kier alpha value is -1.75. The molecule has 20 heavy (non-hydrogen) atoms. The Morgan fingerprint density at radius 3 is 2.90 bits per heavy atom. The van der Waals surface area contributed by atoms with Crippen molar-refractivity contribution in [2.24, 2.45) is 0 Å². The van der Waals surface area contributed by atoms with Gasteiger partial charge in [-0.15, -0.1) is 0 Å². The molecule has 1 fully saturated rings. The van der Waals surface area contributed by atoms with Gasteiger partial charge in [0.2, 0.25) is 0 Å². The third kappa shape index (κ3) is 1.62. The summed E-state index contributed by atoms with van der Waals surface area (Å²) >= 11 is 0. The van der Waals surface area contributed by atoms with E-state index in [4.69, 9.17) is 4.74 Å². The molecule has 5 nitrogen and oxygen atoms in total. The van der Waals surface area contributed by atoms with Crippen molar-refractivity contribution in [3.63, 3.8) is 0 Å². The van der Waals surface area contributed by atoms with Crippen molar-refractivity contribution in [3.8, 4) is 5.75 Å². The number of nitrogens with one attached hydrogen (secondary N) is 1. The third-order valence-corrected chi connectivity index (χ3v) is 4.70. The number of ether oxygens (including phenoxy) is 1. The summed E-state index contributed by atoms with van der Waals surface area (Å²) in [6, 6.07) is 5.93. The van der Waals surface area contributed by atoms with Crippen molar-refractivity contribution < 1.29 is 9.53 Å². The van der Waals surface area contributed by atoms with Crippen molar-refractivity contribution >= 4 is 11.8 Å². The van der Waals surface area contributed by atoms with E-state index in [0.717, 1.165) is 24.2 Å². The molecule has 0 aromatic heterocycles. The van der Waals surface area contributed by atoms with Crippen LogP contribution in [0.15, 0.2) is 18.2 Å². The van der Waals surface area contributed by atoms with Crippen LogP contribution in [0.1, 0.15) is 18.9 Å². The molecule has 1 unspecified atom stereocenters. The van der Waals surface area contributed by atoms with Gasteiger partial charge in [0.1, 0.15) is 5.75 Å². The zero-order valence-electron chi connectivity index (χ0n) is 12.4.